The van der Waals surface area contributed by atoms with Crippen LogP contribution in [0.25, 0.3) is 0 Å². The molecule has 2 aromatic rings. The molecule has 0 aliphatic rings. The van der Waals surface area contributed by atoms with E-state index >= 15 is 0 Å². The van der Waals surface area contributed by atoms with E-state index in [2.05, 4.69) is 5.32 Å². The summed E-state index contributed by atoms with van der Waals surface area (Å²) in [7, 11) is -2.09. The molecule has 31 heavy (non-hydrogen) atoms. The summed E-state index contributed by atoms with van der Waals surface area (Å²) < 4.78 is 37.4. The highest BCUT2D eigenvalue weighted by Gasteiger charge is 2.33. The van der Waals surface area contributed by atoms with Crippen LogP contribution < -0.4 is 19.1 Å². The van der Waals surface area contributed by atoms with E-state index in [9.17, 15) is 13.2 Å². The number of nitrogens with one attached hydrogen (secondary N) is 1. The Morgan fingerprint density at radius 1 is 1.10 bits per heavy atom. The van der Waals surface area contributed by atoms with Gasteiger partial charge in [-0.25, -0.2) is 8.42 Å². The summed E-state index contributed by atoms with van der Waals surface area (Å²) in [6, 6.07) is 11.5. The van der Waals surface area contributed by atoms with Gasteiger partial charge in [0.2, 0.25) is 15.9 Å². The van der Waals surface area contributed by atoms with Gasteiger partial charge in [-0.05, 0) is 68.7 Å². The van der Waals surface area contributed by atoms with Crippen molar-refractivity contribution >= 4 is 21.6 Å². The number of nitrogens with zero attached hydrogens (tertiary/aromatic N) is 1. The van der Waals surface area contributed by atoms with Crippen LogP contribution in [0.3, 0.4) is 0 Å². The first-order valence-electron chi connectivity index (χ1n) is 10.2. The van der Waals surface area contributed by atoms with Gasteiger partial charge in [0.25, 0.3) is 0 Å². The third kappa shape index (κ3) is 6.62. The van der Waals surface area contributed by atoms with Crippen molar-refractivity contribution in [2.24, 2.45) is 0 Å². The number of carbonyl (C=O) groups is 1. The van der Waals surface area contributed by atoms with Crippen LogP contribution in [0.2, 0.25) is 0 Å². The van der Waals surface area contributed by atoms with Gasteiger partial charge in [0.1, 0.15) is 24.1 Å². The minimum Gasteiger partial charge on any atom is -0.497 e. The van der Waals surface area contributed by atoms with E-state index in [0.29, 0.717) is 17.9 Å². The molecule has 0 saturated carbocycles. The van der Waals surface area contributed by atoms with Gasteiger partial charge in [-0.3, -0.25) is 9.10 Å². The summed E-state index contributed by atoms with van der Waals surface area (Å²) in [4.78, 5) is 13.0. The largest absolute Gasteiger partial charge is 0.497 e. The van der Waals surface area contributed by atoms with Gasteiger partial charge in [0.05, 0.1) is 25.1 Å². The van der Waals surface area contributed by atoms with Crippen molar-refractivity contribution in [1.82, 2.24) is 5.32 Å². The lowest BCUT2D eigenvalue weighted by molar-refractivity contribution is -0.123. The molecule has 0 fully saturated rings. The molecule has 0 heterocycles. The molecule has 0 aromatic heterocycles. The summed E-state index contributed by atoms with van der Waals surface area (Å²) in [5, 5.41) is 2.89. The molecule has 0 unspecified atom stereocenters. The minimum absolute atomic E-state index is 0.247. The highest BCUT2D eigenvalue weighted by atomic mass is 32.2. The van der Waals surface area contributed by atoms with Crippen molar-refractivity contribution in [3.05, 3.63) is 53.6 Å². The smallest absolute Gasteiger partial charge is 0.244 e. The number of rotatable bonds is 10. The number of carbonyl (C=O) groups excluding carboxylic acids is 1. The zero-order valence-electron chi connectivity index (χ0n) is 19.0. The number of hydrogen-bond donors (Lipinski definition) is 1. The van der Waals surface area contributed by atoms with E-state index in [4.69, 9.17) is 9.47 Å². The highest BCUT2D eigenvalue weighted by molar-refractivity contribution is 7.92. The van der Waals surface area contributed by atoms with Crippen molar-refractivity contribution in [2.75, 3.05) is 24.3 Å². The van der Waals surface area contributed by atoms with Crippen LogP contribution >= 0.6 is 0 Å². The molecule has 7 nitrogen and oxygen atoms in total. The molecule has 0 aliphatic heterocycles. The molecular formula is C23H32N2O5S. The average Bonchev–Trinajstić information content (AvgIpc) is 2.71. The molecule has 1 N–H and O–H groups in total. The average molecular weight is 449 g/mol. The maximum atomic E-state index is 13.0. The molecule has 2 atom stereocenters. The molecule has 0 spiro atoms. The van der Waals surface area contributed by atoms with E-state index in [1.165, 1.54) is 4.31 Å². The Labute approximate surface area is 185 Å². The molecule has 0 aliphatic carbocycles. The number of methoxy groups -OCH3 is 1. The van der Waals surface area contributed by atoms with Crippen LogP contribution in [-0.4, -0.2) is 46.4 Å². The lowest BCUT2D eigenvalue weighted by Gasteiger charge is -2.32. The Kier molecular flexibility index (Phi) is 8.33. The summed E-state index contributed by atoms with van der Waals surface area (Å²) in [5.74, 6) is 1.02. The molecule has 8 heteroatoms. The van der Waals surface area contributed by atoms with Crippen molar-refractivity contribution in [3.63, 3.8) is 0 Å². The Bertz CT molecular complexity index is 990. The van der Waals surface area contributed by atoms with Gasteiger partial charge in [0, 0.05) is 0 Å². The number of amides is 1. The monoisotopic (exact) mass is 448 g/mol. The van der Waals surface area contributed by atoms with Crippen molar-refractivity contribution < 1.29 is 22.7 Å². The second-order valence-electron chi connectivity index (χ2n) is 7.67. The van der Waals surface area contributed by atoms with Crippen molar-refractivity contribution in [1.29, 1.82) is 0 Å². The zero-order chi connectivity index (χ0) is 23.2. The molecule has 1 amide bonds. The molecule has 2 aromatic carbocycles. The van der Waals surface area contributed by atoms with Gasteiger partial charge in [0.15, 0.2) is 0 Å². The molecular weight excluding hydrogens is 416 g/mol. The van der Waals surface area contributed by atoms with Crippen LogP contribution in [0.15, 0.2) is 42.5 Å². The van der Waals surface area contributed by atoms with Gasteiger partial charge >= 0.3 is 0 Å². The van der Waals surface area contributed by atoms with E-state index < -0.39 is 16.1 Å². The Hall–Kier alpha value is -2.74. The van der Waals surface area contributed by atoms with Gasteiger partial charge in [-0.15, -0.1) is 0 Å². The Morgan fingerprint density at radius 2 is 1.71 bits per heavy atom. The van der Waals surface area contributed by atoms with Crippen molar-refractivity contribution in [3.8, 4) is 11.5 Å². The third-order valence-corrected chi connectivity index (χ3v) is 6.05. The molecule has 0 saturated heterocycles. The Balaban J connectivity index is 2.14. The lowest BCUT2D eigenvalue weighted by atomic mass is 10.1. The number of anilines is 1. The van der Waals surface area contributed by atoms with Crippen LogP contribution in [0.4, 0.5) is 5.69 Å². The summed E-state index contributed by atoms with van der Waals surface area (Å²) in [6.45, 7) is 7.59. The van der Waals surface area contributed by atoms with Crippen LogP contribution in [0.1, 0.15) is 31.4 Å². The first-order chi connectivity index (χ1) is 14.6. The van der Waals surface area contributed by atoms with Gasteiger partial charge < -0.3 is 14.8 Å². The van der Waals surface area contributed by atoms with Crippen LogP contribution in [0, 0.1) is 13.8 Å². The number of aryl methyl sites for hydroxylation is 2. The fourth-order valence-electron chi connectivity index (χ4n) is 3.27. The SMILES string of the molecule is CC[C@@H](C(=O)N[C@H](C)COc1ccc(OC)cc1)N(c1cc(C)ccc1C)S(C)(=O)=O. The second kappa shape index (κ2) is 10.5. The van der Waals surface area contributed by atoms with E-state index in [1.54, 1.807) is 44.4 Å². The summed E-state index contributed by atoms with van der Waals surface area (Å²) in [5.41, 5.74) is 2.23. The van der Waals surface area contributed by atoms with Gasteiger partial charge in [-0.1, -0.05) is 19.1 Å². The fraction of sp³-hybridized carbons (Fsp3) is 0.435. The second-order valence-corrected chi connectivity index (χ2v) is 9.53. The summed E-state index contributed by atoms with van der Waals surface area (Å²) >= 11 is 0. The predicted molar refractivity (Wildman–Crippen MR) is 123 cm³/mol. The zero-order valence-corrected chi connectivity index (χ0v) is 19.8. The van der Waals surface area contributed by atoms with Crippen LogP contribution in [-0.2, 0) is 14.8 Å². The molecule has 0 radical (unpaired) electrons. The predicted octanol–water partition coefficient (Wildman–Crippen LogP) is 3.44. The number of benzene rings is 2. The van der Waals surface area contributed by atoms with E-state index in [1.807, 2.05) is 32.9 Å². The maximum absolute atomic E-state index is 13.0. The standard InChI is InChI=1S/C23H32N2O5S/c1-7-21(25(31(6,27)28)22-14-16(2)8-9-17(22)3)23(26)24-18(4)15-30-20-12-10-19(29-5)11-13-20/h8-14,18,21H,7,15H2,1-6H3,(H,24,26)/t18-,21+/m1/s1. The maximum Gasteiger partial charge on any atom is 0.244 e. The molecule has 2 rings (SSSR count). The Morgan fingerprint density at radius 3 is 2.26 bits per heavy atom. The van der Waals surface area contributed by atoms with Gasteiger partial charge in [-0.2, -0.15) is 0 Å². The number of ether oxygens (including phenoxy) is 2. The van der Waals surface area contributed by atoms with E-state index in [0.717, 1.165) is 23.1 Å². The topological polar surface area (TPSA) is 84.9 Å². The highest BCUT2D eigenvalue weighted by Crippen LogP contribution is 2.27. The fourth-order valence-corrected chi connectivity index (χ4v) is 4.53. The number of sulfonamides is 1. The van der Waals surface area contributed by atoms with Crippen LogP contribution in [0.5, 0.6) is 11.5 Å². The third-order valence-electron chi connectivity index (χ3n) is 4.88. The van der Waals surface area contributed by atoms with Crippen molar-refractivity contribution in [2.45, 2.75) is 46.2 Å². The quantitative estimate of drug-likeness (QED) is 0.602. The molecule has 0 bridgehead atoms. The normalized spacial score (nSPS) is 13.2. The number of hydrogen-bond acceptors (Lipinski definition) is 5. The molecule has 170 valence electrons. The first-order valence-corrected chi connectivity index (χ1v) is 12.1. The van der Waals surface area contributed by atoms with E-state index in [-0.39, 0.29) is 18.6 Å². The minimum atomic E-state index is -3.68. The first kappa shape index (κ1) is 24.5. The lowest BCUT2D eigenvalue weighted by Crippen LogP contribution is -2.52. The summed E-state index contributed by atoms with van der Waals surface area (Å²) in [6.07, 6.45) is 1.46.